The summed E-state index contributed by atoms with van der Waals surface area (Å²) in [5, 5.41) is 6.20. The molecule has 0 saturated carbocycles. The van der Waals surface area contributed by atoms with Crippen molar-refractivity contribution in [2.75, 3.05) is 11.9 Å². The molecule has 0 aliphatic heterocycles. The Balaban J connectivity index is 1.84. The Morgan fingerprint density at radius 2 is 2.31 bits per heavy atom. The molecule has 0 aliphatic rings. The van der Waals surface area contributed by atoms with Crippen LogP contribution in [0.3, 0.4) is 0 Å². The van der Waals surface area contributed by atoms with E-state index in [9.17, 15) is 4.39 Å². The van der Waals surface area contributed by atoms with Gasteiger partial charge in [0.15, 0.2) is 5.13 Å². The number of aromatic nitrogens is 1. The van der Waals surface area contributed by atoms with Crippen molar-refractivity contribution in [3.05, 3.63) is 46.2 Å². The van der Waals surface area contributed by atoms with Gasteiger partial charge in [0.1, 0.15) is 11.0 Å². The minimum absolute atomic E-state index is 0.199. The number of benzene rings is 1. The summed E-state index contributed by atoms with van der Waals surface area (Å²) in [7, 11) is 0. The van der Waals surface area contributed by atoms with Gasteiger partial charge in [-0.2, -0.15) is 0 Å². The third-order valence-corrected chi connectivity index (χ3v) is 3.18. The predicted octanol–water partition coefficient (Wildman–Crippen LogP) is 3.59. The van der Waals surface area contributed by atoms with Crippen molar-refractivity contribution in [2.24, 2.45) is 0 Å². The van der Waals surface area contributed by atoms with Gasteiger partial charge in [-0.1, -0.05) is 23.7 Å². The van der Waals surface area contributed by atoms with Crippen LogP contribution in [-0.2, 0) is 6.42 Å². The maximum atomic E-state index is 12.9. The Hall–Kier alpha value is -1.13. The van der Waals surface area contributed by atoms with Gasteiger partial charge >= 0.3 is 0 Å². The standard InChI is InChI=1S/C11H10ClFN2S/c12-10-7-16-11(15-10)14-5-4-8-2-1-3-9(13)6-8/h1-3,6-7H,4-5H2,(H,14,15). The lowest BCUT2D eigenvalue weighted by Crippen LogP contribution is -2.04. The van der Waals surface area contributed by atoms with Gasteiger partial charge in [0.2, 0.25) is 0 Å². The van der Waals surface area contributed by atoms with Crippen LogP contribution >= 0.6 is 22.9 Å². The van der Waals surface area contributed by atoms with Crippen LogP contribution < -0.4 is 5.32 Å². The molecule has 2 nitrogen and oxygen atoms in total. The molecule has 0 bridgehead atoms. The van der Waals surface area contributed by atoms with Crippen molar-refractivity contribution in [2.45, 2.75) is 6.42 Å². The van der Waals surface area contributed by atoms with Crippen molar-refractivity contribution in [3.63, 3.8) is 0 Å². The molecular formula is C11H10ClFN2S. The second-order valence-electron chi connectivity index (χ2n) is 3.28. The number of nitrogens with one attached hydrogen (secondary N) is 1. The largest absolute Gasteiger partial charge is 0.361 e. The van der Waals surface area contributed by atoms with Crippen LogP contribution in [0.2, 0.25) is 5.15 Å². The second kappa shape index (κ2) is 5.27. The Bertz CT molecular complexity index is 473. The Morgan fingerprint density at radius 1 is 1.44 bits per heavy atom. The summed E-state index contributed by atoms with van der Waals surface area (Å²) in [5.74, 6) is -0.199. The van der Waals surface area contributed by atoms with Crippen LogP contribution in [0.4, 0.5) is 9.52 Å². The number of hydrogen-bond acceptors (Lipinski definition) is 3. The van der Waals surface area contributed by atoms with Gasteiger partial charge in [0.25, 0.3) is 0 Å². The van der Waals surface area contributed by atoms with Gasteiger partial charge in [-0.15, -0.1) is 11.3 Å². The van der Waals surface area contributed by atoms with E-state index in [1.807, 2.05) is 6.07 Å². The second-order valence-corrected chi connectivity index (χ2v) is 4.53. The maximum Gasteiger partial charge on any atom is 0.184 e. The van der Waals surface area contributed by atoms with Gasteiger partial charge in [-0.25, -0.2) is 9.37 Å². The van der Waals surface area contributed by atoms with E-state index < -0.39 is 0 Å². The summed E-state index contributed by atoms with van der Waals surface area (Å²) in [5.41, 5.74) is 0.968. The fourth-order valence-electron chi connectivity index (χ4n) is 1.34. The molecule has 0 radical (unpaired) electrons. The topological polar surface area (TPSA) is 24.9 Å². The molecule has 0 atom stereocenters. The van der Waals surface area contributed by atoms with E-state index in [2.05, 4.69) is 10.3 Å². The number of halogens is 2. The fourth-order valence-corrected chi connectivity index (χ4v) is 2.21. The first-order chi connectivity index (χ1) is 7.74. The first-order valence-electron chi connectivity index (χ1n) is 4.83. The quantitative estimate of drug-likeness (QED) is 0.904. The molecule has 84 valence electrons. The first kappa shape index (κ1) is 11.4. The molecule has 1 N–H and O–H groups in total. The number of nitrogens with zero attached hydrogens (tertiary/aromatic N) is 1. The van der Waals surface area contributed by atoms with Gasteiger partial charge in [-0.05, 0) is 24.1 Å². The fraction of sp³-hybridized carbons (Fsp3) is 0.182. The van der Waals surface area contributed by atoms with Crippen LogP contribution in [0.25, 0.3) is 0 Å². The summed E-state index contributed by atoms with van der Waals surface area (Å²) in [6.45, 7) is 0.716. The first-order valence-corrected chi connectivity index (χ1v) is 6.09. The summed E-state index contributed by atoms with van der Waals surface area (Å²) >= 11 is 7.15. The van der Waals surface area contributed by atoms with Crippen molar-refractivity contribution < 1.29 is 4.39 Å². The minimum atomic E-state index is -0.199. The number of rotatable bonds is 4. The van der Waals surface area contributed by atoms with Gasteiger partial charge in [-0.3, -0.25) is 0 Å². The molecule has 1 heterocycles. The molecule has 0 spiro atoms. The summed E-state index contributed by atoms with van der Waals surface area (Å²) in [6, 6.07) is 6.60. The summed E-state index contributed by atoms with van der Waals surface area (Å²) in [4.78, 5) is 4.06. The molecule has 0 amide bonds. The molecule has 0 unspecified atom stereocenters. The average Bonchev–Trinajstić information content (AvgIpc) is 2.64. The highest BCUT2D eigenvalue weighted by Gasteiger charge is 1.99. The van der Waals surface area contributed by atoms with E-state index in [0.717, 1.165) is 17.1 Å². The zero-order valence-electron chi connectivity index (χ0n) is 8.41. The average molecular weight is 257 g/mol. The molecule has 5 heteroatoms. The highest BCUT2D eigenvalue weighted by molar-refractivity contribution is 7.14. The summed E-state index contributed by atoms with van der Waals surface area (Å²) < 4.78 is 12.9. The minimum Gasteiger partial charge on any atom is -0.361 e. The SMILES string of the molecule is Fc1cccc(CCNc2nc(Cl)cs2)c1. The van der Waals surface area contributed by atoms with Crippen LogP contribution in [0, 0.1) is 5.82 Å². The molecule has 0 fully saturated rings. The zero-order valence-corrected chi connectivity index (χ0v) is 9.98. The number of hydrogen-bond donors (Lipinski definition) is 1. The molecule has 2 aromatic rings. The lowest BCUT2D eigenvalue weighted by Gasteiger charge is -2.02. The van der Waals surface area contributed by atoms with E-state index in [1.54, 1.807) is 11.4 Å². The number of anilines is 1. The van der Waals surface area contributed by atoms with E-state index >= 15 is 0 Å². The van der Waals surface area contributed by atoms with Crippen LogP contribution in [0.15, 0.2) is 29.6 Å². The molecule has 1 aromatic carbocycles. The third kappa shape index (κ3) is 3.18. The molecule has 0 saturated heterocycles. The smallest absolute Gasteiger partial charge is 0.184 e. The van der Waals surface area contributed by atoms with Crippen molar-refractivity contribution >= 4 is 28.1 Å². The highest BCUT2D eigenvalue weighted by Crippen LogP contribution is 2.18. The van der Waals surface area contributed by atoms with E-state index in [4.69, 9.17) is 11.6 Å². The lowest BCUT2D eigenvalue weighted by molar-refractivity contribution is 0.625. The van der Waals surface area contributed by atoms with Crippen molar-refractivity contribution in [1.29, 1.82) is 0 Å². The third-order valence-electron chi connectivity index (χ3n) is 2.06. The van der Waals surface area contributed by atoms with E-state index in [1.165, 1.54) is 23.5 Å². The van der Waals surface area contributed by atoms with Crippen molar-refractivity contribution in [1.82, 2.24) is 4.98 Å². The lowest BCUT2D eigenvalue weighted by atomic mass is 10.1. The van der Waals surface area contributed by atoms with Crippen LogP contribution in [0.5, 0.6) is 0 Å². The zero-order chi connectivity index (χ0) is 11.4. The predicted molar refractivity (Wildman–Crippen MR) is 65.7 cm³/mol. The van der Waals surface area contributed by atoms with Crippen LogP contribution in [-0.4, -0.2) is 11.5 Å². The molecular weight excluding hydrogens is 247 g/mol. The van der Waals surface area contributed by atoms with E-state index in [-0.39, 0.29) is 5.82 Å². The molecule has 2 rings (SSSR count). The number of thiazole rings is 1. The maximum absolute atomic E-state index is 12.9. The van der Waals surface area contributed by atoms with Gasteiger partial charge < -0.3 is 5.32 Å². The molecule has 1 aromatic heterocycles. The Kier molecular flexibility index (Phi) is 3.74. The van der Waals surface area contributed by atoms with Crippen LogP contribution in [0.1, 0.15) is 5.56 Å². The van der Waals surface area contributed by atoms with Gasteiger partial charge in [0, 0.05) is 11.9 Å². The van der Waals surface area contributed by atoms with Crippen molar-refractivity contribution in [3.8, 4) is 0 Å². The molecule has 16 heavy (non-hydrogen) atoms. The van der Waals surface area contributed by atoms with Gasteiger partial charge in [0.05, 0.1) is 0 Å². The molecule has 0 aliphatic carbocycles. The monoisotopic (exact) mass is 256 g/mol. The summed E-state index contributed by atoms with van der Waals surface area (Å²) in [6.07, 6.45) is 0.759. The Labute approximate surface area is 102 Å². The normalized spacial score (nSPS) is 10.4. The van der Waals surface area contributed by atoms with E-state index in [0.29, 0.717) is 11.7 Å². The Morgan fingerprint density at radius 3 is 3.00 bits per heavy atom. The highest BCUT2D eigenvalue weighted by atomic mass is 35.5.